The van der Waals surface area contributed by atoms with Crippen LogP contribution in [0.15, 0.2) is 29.1 Å². The van der Waals surface area contributed by atoms with Crippen LogP contribution in [0.5, 0.6) is 0 Å². The molecule has 0 bridgehead atoms. The highest BCUT2D eigenvalue weighted by Gasteiger charge is 2.32. The lowest BCUT2D eigenvalue weighted by Crippen LogP contribution is -2.25. The van der Waals surface area contributed by atoms with Gasteiger partial charge in [-0.3, -0.25) is 29.1 Å². The number of nitrogens with zero attached hydrogens (tertiary/aromatic N) is 1. The van der Waals surface area contributed by atoms with Crippen LogP contribution >= 0.6 is 0 Å². The maximum Gasteiger partial charge on any atom is 0.262 e. The van der Waals surface area contributed by atoms with Gasteiger partial charge in [-0.1, -0.05) is 6.07 Å². The molecule has 4 N–H and O–H groups in total. The van der Waals surface area contributed by atoms with Crippen LogP contribution in [-0.2, 0) is 4.79 Å². The van der Waals surface area contributed by atoms with Gasteiger partial charge in [0.2, 0.25) is 5.91 Å². The first-order chi connectivity index (χ1) is 11.3. The minimum atomic E-state index is -0.657. The molecule has 24 heavy (non-hydrogen) atoms. The van der Waals surface area contributed by atoms with Crippen molar-refractivity contribution < 1.29 is 14.4 Å². The molecule has 1 aliphatic rings. The topological polar surface area (TPSA) is 123 Å². The van der Waals surface area contributed by atoms with E-state index in [9.17, 15) is 19.2 Å². The van der Waals surface area contributed by atoms with Crippen molar-refractivity contribution in [2.45, 2.75) is 13.8 Å². The summed E-state index contributed by atoms with van der Waals surface area (Å²) in [6, 6.07) is 6.12. The molecule has 2 aromatic rings. The zero-order valence-electron chi connectivity index (χ0n) is 13.0. The highest BCUT2D eigenvalue weighted by molar-refractivity contribution is 6.23. The van der Waals surface area contributed by atoms with Crippen LogP contribution in [0.1, 0.15) is 33.2 Å². The molecule has 122 valence electrons. The van der Waals surface area contributed by atoms with Crippen LogP contribution in [0.4, 0.5) is 11.5 Å². The molecule has 0 unspecified atom stereocenters. The Bertz CT molecular complexity index is 975. The van der Waals surface area contributed by atoms with Gasteiger partial charge in [-0.05, 0) is 24.6 Å². The van der Waals surface area contributed by atoms with Crippen molar-refractivity contribution in [1.29, 1.82) is 0 Å². The van der Waals surface area contributed by atoms with E-state index in [4.69, 9.17) is 5.73 Å². The zero-order chi connectivity index (χ0) is 17.6. The van der Waals surface area contributed by atoms with Crippen LogP contribution in [0.25, 0.3) is 5.69 Å². The van der Waals surface area contributed by atoms with Gasteiger partial charge >= 0.3 is 0 Å². The third-order valence-electron chi connectivity index (χ3n) is 3.66. The summed E-state index contributed by atoms with van der Waals surface area (Å²) in [5, 5.41) is 4.73. The zero-order valence-corrected chi connectivity index (χ0v) is 13.0. The lowest BCUT2D eigenvalue weighted by molar-refractivity contribution is -0.114. The van der Waals surface area contributed by atoms with Crippen molar-refractivity contribution in [2.75, 3.05) is 11.1 Å². The first-order valence-electron chi connectivity index (χ1n) is 7.09. The summed E-state index contributed by atoms with van der Waals surface area (Å²) in [7, 11) is 0. The minimum absolute atomic E-state index is 0.0464. The van der Waals surface area contributed by atoms with Crippen LogP contribution < -0.4 is 21.9 Å². The number of rotatable bonds is 2. The number of amides is 3. The van der Waals surface area contributed by atoms with Gasteiger partial charge in [-0.15, -0.1) is 0 Å². The highest BCUT2D eigenvalue weighted by atomic mass is 16.2. The first-order valence-corrected chi connectivity index (χ1v) is 7.09. The van der Waals surface area contributed by atoms with E-state index in [0.29, 0.717) is 11.4 Å². The minimum Gasteiger partial charge on any atom is -0.384 e. The fraction of sp³-hybridized carbons (Fsp3) is 0.125. The summed E-state index contributed by atoms with van der Waals surface area (Å²) < 4.78 is 1.11. The number of aryl methyl sites for hydroxylation is 1. The second kappa shape index (κ2) is 5.34. The third kappa shape index (κ3) is 2.34. The predicted octanol–water partition coefficient (Wildman–Crippen LogP) is 0.570. The number of fused-ring (bicyclic) bond motifs is 1. The van der Waals surface area contributed by atoms with E-state index in [2.05, 4.69) is 10.6 Å². The van der Waals surface area contributed by atoms with E-state index in [1.807, 2.05) is 6.92 Å². The van der Waals surface area contributed by atoms with Crippen LogP contribution in [0.3, 0.4) is 0 Å². The van der Waals surface area contributed by atoms with Gasteiger partial charge in [0, 0.05) is 13.0 Å². The molecule has 0 atom stereocenters. The molecule has 8 nitrogen and oxygen atoms in total. The Morgan fingerprint density at radius 1 is 1.17 bits per heavy atom. The van der Waals surface area contributed by atoms with Gasteiger partial charge in [0.25, 0.3) is 17.4 Å². The Hall–Kier alpha value is -3.42. The summed E-state index contributed by atoms with van der Waals surface area (Å²) in [5.74, 6) is -1.79. The number of anilines is 2. The van der Waals surface area contributed by atoms with Gasteiger partial charge in [0.05, 0.1) is 22.5 Å². The number of carbonyl (C=O) groups is 3. The molecule has 3 amide bonds. The molecule has 0 saturated heterocycles. The number of carbonyl (C=O) groups excluding carboxylic acids is 3. The quantitative estimate of drug-likeness (QED) is 0.696. The Kier molecular flexibility index (Phi) is 3.44. The SMILES string of the molecule is CC(=O)Nc1ccc(C)cc1-n1c(N)c2c(cc1=O)C(=O)NC2=O. The van der Waals surface area contributed by atoms with Gasteiger partial charge in [-0.2, -0.15) is 0 Å². The molecule has 1 aromatic heterocycles. The van der Waals surface area contributed by atoms with Crippen LogP contribution in [0, 0.1) is 6.92 Å². The summed E-state index contributed by atoms with van der Waals surface area (Å²) in [6.45, 7) is 3.15. The van der Waals surface area contributed by atoms with Crippen molar-refractivity contribution in [3.05, 3.63) is 51.3 Å². The van der Waals surface area contributed by atoms with Crippen molar-refractivity contribution in [2.24, 2.45) is 0 Å². The molecule has 2 heterocycles. The lowest BCUT2D eigenvalue weighted by Gasteiger charge is -2.16. The van der Waals surface area contributed by atoms with Crippen molar-refractivity contribution in [3.63, 3.8) is 0 Å². The maximum atomic E-state index is 12.5. The number of nitrogen functional groups attached to an aromatic ring is 1. The summed E-state index contributed by atoms with van der Waals surface area (Å²) in [5.41, 5.74) is 6.85. The second-order valence-electron chi connectivity index (χ2n) is 5.48. The highest BCUT2D eigenvalue weighted by Crippen LogP contribution is 2.27. The number of aromatic nitrogens is 1. The molecule has 0 saturated carbocycles. The van der Waals surface area contributed by atoms with Gasteiger partial charge in [0.15, 0.2) is 0 Å². The second-order valence-corrected chi connectivity index (χ2v) is 5.48. The molecule has 0 spiro atoms. The van der Waals surface area contributed by atoms with E-state index in [1.54, 1.807) is 18.2 Å². The number of nitrogens with two attached hydrogens (primary N) is 1. The van der Waals surface area contributed by atoms with Crippen molar-refractivity contribution >= 4 is 29.2 Å². The number of nitrogens with one attached hydrogen (secondary N) is 2. The Balaban J connectivity index is 2.33. The molecule has 8 heteroatoms. The Labute approximate surface area is 136 Å². The summed E-state index contributed by atoms with van der Waals surface area (Å²) in [4.78, 5) is 47.5. The summed E-state index contributed by atoms with van der Waals surface area (Å²) >= 11 is 0. The van der Waals surface area contributed by atoms with E-state index >= 15 is 0 Å². The summed E-state index contributed by atoms with van der Waals surface area (Å²) in [6.07, 6.45) is 0. The van der Waals surface area contributed by atoms with E-state index in [0.717, 1.165) is 16.2 Å². The van der Waals surface area contributed by atoms with Crippen LogP contribution in [-0.4, -0.2) is 22.3 Å². The molecule has 1 aliphatic heterocycles. The maximum absolute atomic E-state index is 12.5. The molecule has 0 aliphatic carbocycles. The standard InChI is InChI=1S/C16H14N4O4/c1-7-3-4-10(18-8(2)21)11(5-7)20-12(22)6-9-13(14(20)17)16(24)19-15(9)23/h3-6H,17H2,1-2H3,(H,18,21)(H,19,23,24). The monoisotopic (exact) mass is 326 g/mol. The molecule has 0 radical (unpaired) electrons. The molecular formula is C16H14N4O4. The Morgan fingerprint density at radius 3 is 2.54 bits per heavy atom. The van der Waals surface area contributed by atoms with E-state index in [1.165, 1.54) is 6.92 Å². The molecule has 3 rings (SSSR count). The van der Waals surface area contributed by atoms with Crippen LogP contribution in [0.2, 0.25) is 0 Å². The fourth-order valence-corrected chi connectivity index (χ4v) is 2.65. The molecule has 0 fully saturated rings. The van der Waals surface area contributed by atoms with Crippen molar-refractivity contribution in [3.8, 4) is 5.69 Å². The third-order valence-corrected chi connectivity index (χ3v) is 3.66. The first kappa shape index (κ1) is 15.5. The lowest BCUT2D eigenvalue weighted by atomic mass is 10.1. The largest absolute Gasteiger partial charge is 0.384 e. The number of benzene rings is 1. The number of imide groups is 1. The molecule has 1 aromatic carbocycles. The predicted molar refractivity (Wildman–Crippen MR) is 87.3 cm³/mol. The number of pyridine rings is 1. The average molecular weight is 326 g/mol. The number of hydrogen-bond donors (Lipinski definition) is 3. The van der Waals surface area contributed by atoms with Crippen molar-refractivity contribution in [1.82, 2.24) is 9.88 Å². The Morgan fingerprint density at radius 2 is 1.88 bits per heavy atom. The van der Waals surface area contributed by atoms with Gasteiger partial charge < -0.3 is 11.1 Å². The van der Waals surface area contributed by atoms with Gasteiger partial charge in [-0.25, -0.2) is 0 Å². The smallest absolute Gasteiger partial charge is 0.262 e. The fourth-order valence-electron chi connectivity index (χ4n) is 2.65. The van der Waals surface area contributed by atoms with Gasteiger partial charge in [0.1, 0.15) is 5.82 Å². The van der Waals surface area contributed by atoms with E-state index < -0.39 is 17.4 Å². The van der Waals surface area contributed by atoms with E-state index in [-0.39, 0.29) is 22.9 Å². The molecular weight excluding hydrogens is 312 g/mol. The average Bonchev–Trinajstić information content (AvgIpc) is 2.76. The normalized spacial score (nSPS) is 12.8. The number of hydrogen-bond acceptors (Lipinski definition) is 5.